The molecule has 140 valence electrons. The first-order chi connectivity index (χ1) is 13.7. The Kier molecular flexibility index (Phi) is 4.63. The number of fused-ring (bicyclic) bond motifs is 1. The lowest BCUT2D eigenvalue weighted by molar-refractivity contribution is 0.0524. The van der Waals surface area contributed by atoms with Crippen LogP contribution in [-0.2, 0) is 4.74 Å². The Labute approximate surface area is 161 Å². The monoisotopic (exact) mass is 375 g/mol. The van der Waals surface area contributed by atoms with Gasteiger partial charge in [0, 0.05) is 29.2 Å². The number of aromatic nitrogens is 1. The number of nitrogens with one attached hydrogen (secondary N) is 1. The fraction of sp³-hybridized carbons (Fsp3) is 0.0952. The molecule has 0 radical (unpaired) electrons. The summed E-state index contributed by atoms with van der Waals surface area (Å²) in [7, 11) is 0. The van der Waals surface area contributed by atoms with E-state index < -0.39 is 5.97 Å². The van der Waals surface area contributed by atoms with Gasteiger partial charge in [-0.3, -0.25) is 0 Å². The number of rotatable bonds is 5. The molecule has 1 aromatic carbocycles. The maximum atomic E-state index is 12.4. The van der Waals surface area contributed by atoms with Crippen LogP contribution in [0.15, 0.2) is 58.1 Å². The molecule has 0 bridgehead atoms. The number of carbonyl (C=O) groups excluding carboxylic acids is 1. The molecule has 0 fully saturated rings. The molecule has 0 amide bonds. The van der Waals surface area contributed by atoms with Crippen molar-refractivity contribution >= 4 is 41.2 Å². The van der Waals surface area contributed by atoms with Gasteiger partial charge in [0.2, 0.25) is 5.88 Å². The van der Waals surface area contributed by atoms with Crippen molar-refractivity contribution in [2.24, 2.45) is 4.99 Å². The van der Waals surface area contributed by atoms with E-state index in [2.05, 4.69) is 15.3 Å². The van der Waals surface area contributed by atoms with Crippen LogP contribution in [0.5, 0.6) is 5.75 Å². The molecule has 0 unspecified atom stereocenters. The van der Waals surface area contributed by atoms with E-state index in [9.17, 15) is 9.90 Å². The van der Waals surface area contributed by atoms with Gasteiger partial charge in [0.05, 0.1) is 6.61 Å². The van der Waals surface area contributed by atoms with Crippen molar-refractivity contribution < 1.29 is 19.1 Å². The summed E-state index contributed by atoms with van der Waals surface area (Å²) in [6, 6.07) is 12.9. The minimum Gasteiger partial charge on any atom is -0.504 e. The highest BCUT2D eigenvalue weighted by Crippen LogP contribution is 2.39. The first-order valence-corrected chi connectivity index (χ1v) is 8.73. The molecule has 0 saturated heterocycles. The number of hydrogen-bond acceptors (Lipinski definition) is 7. The van der Waals surface area contributed by atoms with E-state index in [4.69, 9.17) is 9.15 Å². The highest BCUT2D eigenvalue weighted by atomic mass is 16.5. The molecule has 0 atom stereocenters. The molecule has 3 aromatic rings. The van der Waals surface area contributed by atoms with Crippen molar-refractivity contribution in [2.75, 3.05) is 11.9 Å². The first-order valence-electron chi connectivity index (χ1n) is 8.73. The number of furan rings is 1. The van der Waals surface area contributed by atoms with Crippen LogP contribution in [0.2, 0.25) is 0 Å². The number of allylic oxidation sites excluding steroid dienone is 1. The molecule has 0 aliphatic carbocycles. The third kappa shape index (κ3) is 3.25. The number of anilines is 2. The van der Waals surface area contributed by atoms with Gasteiger partial charge in [-0.25, -0.2) is 14.8 Å². The number of aliphatic imine (C=N–C) groups is 1. The number of aromatic hydroxyl groups is 1. The number of ether oxygens (including phenoxy) is 1. The van der Waals surface area contributed by atoms with Gasteiger partial charge in [-0.15, -0.1) is 0 Å². The summed E-state index contributed by atoms with van der Waals surface area (Å²) in [4.78, 5) is 20.8. The number of esters is 1. The van der Waals surface area contributed by atoms with Crippen LogP contribution in [0.4, 0.5) is 17.4 Å². The quantitative estimate of drug-likeness (QED) is 0.635. The fourth-order valence-electron chi connectivity index (χ4n) is 2.85. The summed E-state index contributed by atoms with van der Waals surface area (Å²) >= 11 is 0. The fourth-order valence-corrected chi connectivity index (χ4v) is 2.85. The molecule has 28 heavy (non-hydrogen) atoms. The van der Waals surface area contributed by atoms with Crippen LogP contribution >= 0.6 is 0 Å². The van der Waals surface area contributed by atoms with Crippen molar-refractivity contribution in [3.05, 3.63) is 65.5 Å². The molecule has 2 aromatic heterocycles. The second kappa shape index (κ2) is 7.40. The van der Waals surface area contributed by atoms with Crippen LogP contribution in [0, 0.1) is 0 Å². The van der Waals surface area contributed by atoms with Crippen LogP contribution < -0.4 is 5.32 Å². The summed E-state index contributed by atoms with van der Waals surface area (Å²) in [6.07, 6.45) is 4.91. The normalized spacial score (nSPS) is 13.5. The van der Waals surface area contributed by atoms with Crippen molar-refractivity contribution in [3.63, 3.8) is 0 Å². The topological polar surface area (TPSA) is 97.0 Å². The van der Waals surface area contributed by atoms with Crippen molar-refractivity contribution in [1.29, 1.82) is 0 Å². The first kappa shape index (κ1) is 17.5. The van der Waals surface area contributed by atoms with Gasteiger partial charge in [-0.1, -0.05) is 18.2 Å². The maximum Gasteiger partial charge on any atom is 0.347 e. The van der Waals surface area contributed by atoms with Crippen LogP contribution in [0.3, 0.4) is 0 Å². The highest BCUT2D eigenvalue weighted by Gasteiger charge is 2.27. The molecule has 1 aliphatic rings. The molecule has 7 nitrogen and oxygen atoms in total. The third-order valence-corrected chi connectivity index (χ3v) is 4.13. The smallest absolute Gasteiger partial charge is 0.347 e. The average molecular weight is 375 g/mol. The molecular weight excluding hydrogens is 358 g/mol. The summed E-state index contributed by atoms with van der Waals surface area (Å²) in [5.41, 5.74) is 2.18. The Morgan fingerprint density at radius 1 is 1.25 bits per heavy atom. The van der Waals surface area contributed by atoms with Gasteiger partial charge in [0.1, 0.15) is 0 Å². The zero-order chi connectivity index (χ0) is 19.5. The zero-order valence-corrected chi connectivity index (χ0v) is 15.0. The highest BCUT2D eigenvalue weighted by molar-refractivity contribution is 6.21. The summed E-state index contributed by atoms with van der Waals surface area (Å²) in [6.45, 7) is 1.87. The number of benzene rings is 1. The summed E-state index contributed by atoms with van der Waals surface area (Å²) < 4.78 is 10.8. The largest absolute Gasteiger partial charge is 0.504 e. The predicted octanol–water partition coefficient (Wildman–Crippen LogP) is 4.56. The molecule has 7 heteroatoms. The Balaban J connectivity index is 1.77. The lowest BCUT2D eigenvalue weighted by atomic mass is 10.1. The van der Waals surface area contributed by atoms with Crippen LogP contribution in [0.25, 0.3) is 11.6 Å². The lowest BCUT2D eigenvalue weighted by Gasteiger charge is -2.05. The van der Waals surface area contributed by atoms with Crippen molar-refractivity contribution in [3.8, 4) is 5.75 Å². The molecule has 3 heterocycles. The number of para-hydroxylation sites is 1. The van der Waals surface area contributed by atoms with Crippen LogP contribution in [0.1, 0.15) is 28.6 Å². The van der Waals surface area contributed by atoms with E-state index in [0.29, 0.717) is 17.1 Å². The molecule has 1 aliphatic heterocycles. The Hall–Kier alpha value is -3.87. The number of hydrogen-bond donors (Lipinski definition) is 2. The zero-order valence-electron chi connectivity index (χ0n) is 15.0. The maximum absolute atomic E-state index is 12.4. The van der Waals surface area contributed by atoms with E-state index in [1.54, 1.807) is 31.5 Å². The van der Waals surface area contributed by atoms with Crippen molar-refractivity contribution in [2.45, 2.75) is 6.92 Å². The molecule has 2 N–H and O–H groups in total. The van der Waals surface area contributed by atoms with Gasteiger partial charge in [-0.05, 0) is 37.3 Å². The second-order valence-electron chi connectivity index (χ2n) is 5.96. The van der Waals surface area contributed by atoms with E-state index in [1.165, 1.54) is 0 Å². The Bertz CT molecular complexity index is 1080. The minimum absolute atomic E-state index is 0.0566. The van der Waals surface area contributed by atoms with Gasteiger partial charge in [-0.2, -0.15) is 0 Å². The van der Waals surface area contributed by atoms with E-state index in [-0.39, 0.29) is 29.6 Å². The minimum atomic E-state index is -0.672. The summed E-state index contributed by atoms with van der Waals surface area (Å²) in [5, 5.41) is 13.7. The molecule has 0 saturated carbocycles. The number of pyridine rings is 1. The Morgan fingerprint density at radius 2 is 2.07 bits per heavy atom. The Morgan fingerprint density at radius 3 is 2.86 bits per heavy atom. The van der Waals surface area contributed by atoms with E-state index in [0.717, 1.165) is 5.56 Å². The average Bonchev–Trinajstić information content (AvgIpc) is 3.24. The van der Waals surface area contributed by atoms with Gasteiger partial charge >= 0.3 is 5.97 Å². The molecule has 4 rings (SSSR count). The summed E-state index contributed by atoms with van der Waals surface area (Å²) in [5.74, 6) is -0.146. The second-order valence-corrected chi connectivity index (χ2v) is 5.96. The molecule has 0 spiro atoms. The predicted molar refractivity (Wildman–Crippen MR) is 106 cm³/mol. The van der Waals surface area contributed by atoms with E-state index >= 15 is 0 Å². The number of carbonyl (C=O) groups is 1. The lowest BCUT2D eigenvalue weighted by Crippen LogP contribution is -2.06. The number of nitrogens with zero attached hydrogens (tertiary/aromatic N) is 2. The SMILES string of the molecule is CCOC(=O)c1c(Nc2ccccc2)oc(/C=C2\C=Nc3ncccc32)c1O. The van der Waals surface area contributed by atoms with Crippen molar-refractivity contribution in [1.82, 2.24) is 4.98 Å². The van der Waals surface area contributed by atoms with Gasteiger partial charge in [0.25, 0.3) is 0 Å². The third-order valence-electron chi connectivity index (χ3n) is 4.13. The molecular formula is C21H17N3O4. The van der Waals surface area contributed by atoms with E-state index in [1.807, 2.05) is 36.4 Å². The van der Waals surface area contributed by atoms with Gasteiger partial charge < -0.3 is 19.6 Å². The standard InChI is InChI=1S/C21H17N3O4/c1-2-27-21(26)17-18(25)16(28-20(17)24-14-7-4-3-5-8-14)11-13-12-23-19-15(13)9-6-10-22-19/h3-12,24-25H,2H2,1H3/b13-11+. The van der Waals surface area contributed by atoms with Crippen LogP contribution in [-0.4, -0.2) is 28.9 Å². The van der Waals surface area contributed by atoms with Gasteiger partial charge in [0.15, 0.2) is 22.9 Å².